The van der Waals surface area contributed by atoms with Crippen LogP contribution >= 0.6 is 0 Å². The fraction of sp³-hybridized carbons (Fsp3) is 0.385. The number of hydrogen-bond donors (Lipinski definition) is 0. The fourth-order valence-corrected chi connectivity index (χ4v) is 2.81. The number of sulfone groups is 1. The van der Waals surface area contributed by atoms with Crippen LogP contribution in [0.1, 0.15) is 17.5 Å². The van der Waals surface area contributed by atoms with E-state index in [1.165, 1.54) is 0 Å². The van der Waals surface area contributed by atoms with E-state index in [2.05, 4.69) is 9.53 Å². The van der Waals surface area contributed by atoms with Gasteiger partial charge in [0.1, 0.15) is 0 Å². The number of ether oxygens (including phenoxy) is 1. The standard InChI is InChI=1S/C13H16N2O4S/c1-10-5-7-11(8-6-10)4-3-9-20(17,18)12(15-14)13(16)19-2/h5-8H,3-4,9H2,1-2H3. The van der Waals surface area contributed by atoms with Crippen molar-refractivity contribution in [3.05, 3.63) is 40.9 Å². The molecule has 0 heterocycles. The zero-order valence-corrected chi connectivity index (χ0v) is 12.2. The van der Waals surface area contributed by atoms with E-state index >= 15 is 0 Å². The van der Waals surface area contributed by atoms with Crippen molar-refractivity contribution >= 4 is 20.9 Å². The molecule has 1 rings (SSSR count). The highest BCUT2D eigenvalue weighted by Gasteiger charge is 2.36. The molecule has 108 valence electrons. The Morgan fingerprint density at radius 2 is 1.90 bits per heavy atom. The molecular formula is C13H16N2O4S. The van der Waals surface area contributed by atoms with Gasteiger partial charge in [-0.25, -0.2) is 13.2 Å². The predicted molar refractivity (Wildman–Crippen MR) is 73.9 cm³/mol. The fourth-order valence-electron chi connectivity index (χ4n) is 1.64. The summed E-state index contributed by atoms with van der Waals surface area (Å²) in [7, 11) is -2.91. The Bertz CT molecular complexity index is 629. The average Bonchev–Trinajstić information content (AvgIpc) is 2.41. The molecule has 20 heavy (non-hydrogen) atoms. The number of aryl methyl sites for hydroxylation is 2. The van der Waals surface area contributed by atoms with Crippen molar-refractivity contribution in [3.8, 4) is 0 Å². The third-order valence-electron chi connectivity index (χ3n) is 2.74. The zero-order valence-electron chi connectivity index (χ0n) is 11.4. The van der Waals surface area contributed by atoms with Gasteiger partial charge in [0.2, 0.25) is 0 Å². The topological polar surface area (TPSA) is 96.8 Å². The Hall–Kier alpha value is -1.98. The highest BCUT2D eigenvalue weighted by atomic mass is 32.2. The van der Waals surface area contributed by atoms with Gasteiger partial charge in [0.05, 0.1) is 12.9 Å². The van der Waals surface area contributed by atoms with Crippen LogP contribution in [0.4, 0.5) is 0 Å². The van der Waals surface area contributed by atoms with Crippen molar-refractivity contribution in [2.75, 3.05) is 12.9 Å². The number of carbonyl (C=O) groups excluding carboxylic acids is 1. The highest BCUT2D eigenvalue weighted by Crippen LogP contribution is 2.07. The molecule has 0 atom stereocenters. The van der Waals surface area contributed by atoms with Crippen molar-refractivity contribution < 1.29 is 22.7 Å². The number of benzene rings is 1. The highest BCUT2D eigenvalue weighted by molar-refractivity contribution is 8.07. The summed E-state index contributed by atoms with van der Waals surface area (Å²) in [5.41, 5.74) is 10.8. The number of rotatable bonds is 4. The number of hydrogen-bond acceptors (Lipinski definition) is 4. The van der Waals surface area contributed by atoms with Crippen LogP contribution < -0.4 is 0 Å². The summed E-state index contributed by atoms with van der Waals surface area (Å²) in [6, 6.07) is 7.73. The lowest BCUT2D eigenvalue weighted by atomic mass is 10.1. The van der Waals surface area contributed by atoms with Gasteiger partial charge in [0.15, 0.2) is 0 Å². The van der Waals surface area contributed by atoms with Gasteiger partial charge in [-0.05, 0) is 25.3 Å². The van der Waals surface area contributed by atoms with Crippen LogP contribution in [-0.2, 0) is 25.8 Å². The normalized spacial score (nSPS) is 10.7. The van der Waals surface area contributed by atoms with Crippen LogP contribution in [0.2, 0.25) is 0 Å². The molecule has 0 radical (unpaired) electrons. The monoisotopic (exact) mass is 296 g/mol. The van der Waals surface area contributed by atoms with Crippen molar-refractivity contribution in [2.24, 2.45) is 0 Å². The molecule has 7 heteroatoms. The first kappa shape index (κ1) is 16.1. The smallest absolute Gasteiger partial charge is 0.460 e. The Morgan fingerprint density at radius 3 is 2.40 bits per heavy atom. The molecule has 1 aromatic carbocycles. The summed E-state index contributed by atoms with van der Waals surface area (Å²) in [5.74, 6) is -1.45. The average molecular weight is 296 g/mol. The van der Waals surface area contributed by atoms with E-state index in [0.717, 1.165) is 18.2 Å². The van der Waals surface area contributed by atoms with E-state index in [4.69, 9.17) is 5.53 Å². The van der Waals surface area contributed by atoms with Gasteiger partial charge in [-0.2, -0.15) is 0 Å². The number of carbonyl (C=O) groups is 1. The van der Waals surface area contributed by atoms with Gasteiger partial charge in [0, 0.05) is 0 Å². The molecule has 0 aliphatic heterocycles. The van der Waals surface area contributed by atoms with E-state index in [-0.39, 0.29) is 5.75 Å². The van der Waals surface area contributed by atoms with Crippen molar-refractivity contribution in [2.45, 2.75) is 19.8 Å². The third kappa shape index (κ3) is 4.29. The lowest BCUT2D eigenvalue weighted by Gasteiger charge is -2.02. The second kappa shape index (κ2) is 6.98. The molecule has 0 aliphatic rings. The Morgan fingerprint density at radius 1 is 1.30 bits per heavy atom. The molecule has 0 N–H and O–H groups in total. The maximum absolute atomic E-state index is 11.8. The molecule has 0 saturated heterocycles. The number of nitrogens with zero attached hydrogens (tertiary/aromatic N) is 2. The van der Waals surface area contributed by atoms with Gasteiger partial charge in [0.25, 0.3) is 9.84 Å². The summed E-state index contributed by atoms with van der Waals surface area (Å²) < 4.78 is 27.9. The maximum atomic E-state index is 11.8. The molecule has 0 aromatic heterocycles. The first-order chi connectivity index (χ1) is 9.40. The van der Waals surface area contributed by atoms with Crippen molar-refractivity contribution in [1.82, 2.24) is 0 Å². The molecule has 6 nitrogen and oxygen atoms in total. The second-order valence-corrected chi connectivity index (χ2v) is 6.33. The van der Waals surface area contributed by atoms with E-state index in [0.29, 0.717) is 12.8 Å². The van der Waals surface area contributed by atoms with E-state index in [1.54, 1.807) is 0 Å². The van der Waals surface area contributed by atoms with Crippen LogP contribution in [0, 0.1) is 6.92 Å². The Labute approximate surface area is 117 Å². The third-order valence-corrected chi connectivity index (χ3v) is 4.41. The van der Waals surface area contributed by atoms with Crippen molar-refractivity contribution in [1.29, 1.82) is 0 Å². The lowest BCUT2D eigenvalue weighted by molar-refractivity contribution is -0.136. The van der Waals surface area contributed by atoms with E-state index < -0.39 is 20.9 Å². The number of methoxy groups -OCH3 is 1. The zero-order chi connectivity index (χ0) is 15.2. The minimum absolute atomic E-state index is 0.282. The first-order valence-electron chi connectivity index (χ1n) is 5.99. The van der Waals surface area contributed by atoms with Crippen LogP contribution in [0.3, 0.4) is 0 Å². The summed E-state index contributed by atoms with van der Waals surface area (Å²) >= 11 is 0. The van der Waals surface area contributed by atoms with Crippen LogP contribution in [-0.4, -0.2) is 37.1 Å². The van der Waals surface area contributed by atoms with Crippen LogP contribution in [0.5, 0.6) is 0 Å². The van der Waals surface area contributed by atoms with E-state index in [1.807, 2.05) is 31.2 Å². The SMILES string of the molecule is COC(=O)C(=[N+]=[N-])S(=O)(=O)CCCc1ccc(C)cc1. The molecular weight excluding hydrogens is 280 g/mol. The summed E-state index contributed by atoms with van der Waals surface area (Å²) in [4.78, 5) is 13.7. The Balaban J connectivity index is 2.66. The second-order valence-electron chi connectivity index (χ2n) is 4.30. The molecule has 0 bridgehead atoms. The molecule has 0 unspecified atom stereocenters. The van der Waals surface area contributed by atoms with Gasteiger partial charge in [-0.1, -0.05) is 29.8 Å². The molecule has 1 aromatic rings. The number of esters is 1. The van der Waals surface area contributed by atoms with Gasteiger partial charge in [-0.3, -0.25) is 0 Å². The predicted octanol–water partition coefficient (Wildman–Crippen LogP) is 1.14. The minimum Gasteiger partial charge on any atom is -0.460 e. The maximum Gasteiger partial charge on any atom is 0.488 e. The summed E-state index contributed by atoms with van der Waals surface area (Å²) in [6.45, 7) is 1.97. The summed E-state index contributed by atoms with van der Waals surface area (Å²) in [5, 5.41) is -0.955. The van der Waals surface area contributed by atoms with E-state index in [9.17, 15) is 13.2 Å². The molecule has 0 saturated carbocycles. The van der Waals surface area contributed by atoms with Crippen molar-refractivity contribution in [3.63, 3.8) is 0 Å². The quantitative estimate of drug-likeness (QED) is 0.273. The minimum atomic E-state index is -3.94. The molecule has 0 aliphatic carbocycles. The van der Waals surface area contributed by atoms with Gasteiger partial charge in [-0.15, -0.1) is 4.79 Å². The lowest BCUT2D eigenvalue weighted by Crippen LogP contribution is -2.29. The van der Waals surface area contributed by atoms with Gasteiger partial charge < -0.3 is 10.3 Å². The first-order valence-corrected chi connectivity index (χ1v) is 7.64. The summed E-state index contributed by atoms with van der Waals surface area (Å²) in [6.07, 6.45) is 0.876. The molecule has 0 spiro atoms. The Kier molecular flexibility index (Phi) is 5.61. The molecule has 0 amide bonds. The van der Waals surface area contributed by atoms with Crippen LogP contribution in [0.25, 0.3) is 5.53 Å². The van der Waals surface area contributed by atoms with Crippen LogP contribution in [0.15, 0.2) is 24.3 Å². The van der Waals surface area contributed by atoms with Gasteiger partial charge >= 0.3 is 11.0 Å². The molecule has 0 fully saturated rings. The largest absolute Gasteiger partial charge is 0.488 e.